The summed E-state index contributed by atoms with van der Waals surface area (Å²) in [6.07, 6.45) is 3.33. The third-order valence-corrected chi connectivity index (χ3v) is 5.55. The van der Waals surface area contributed by atoms with Gasteiger partial charge in [0.25, 0.3) is 0 Å². The molecule has 0 spiro atoms. The molecule has 1 aromatic carbocycles. The van der Waals surface area contributed by atoms with E-state index < -0.39 is 5.82 Å². The highest BCUT2D eigenvalue weighted by Crippen LogP contribution is 2.25. The predicted molar refractivity (Wildman–Crippen MR) is 110 cm³/mol. The van der Waals surface area contributed by atoms with Crippen LogP contribution in [0.5, 0.6) is 0 Å². The predicted octanol–water partition coefficient (Wildman–Crippen LogP) is 2.31. The Morgan fingerprint density at radius 1 is 1.24 bits per heavy atom. The van der Waals surface area contributed by atoms with E-state index in [2.05, 4.69) is 30.2 Å². The minimum absolute atomic E-state index is 0.177. The van der Waals surface area contributed by atoms with Crippen molar-refractivity contribution >= 4 is 40.0 Å². The zero-order valence-electron chi connectivity index (χ0n) is 16.1. The molecule has 0 bridgehead atoms. The van der Waals surface area contributed by atoms with Crippen molar-refractivity contribution in [3.05, 3.63) is 41.6 Å². The zero-order chi connectivity index (χ0) is 20.5. The molecule has 3 heterocycles. The van der Waals surface area contributed by atoms with E-state index in [0.29, 0.717) is 18.8 Å². The SMILES string of the molecule is CC(C(=O)Nc1ccc(F)cc1Cl)N1CCN(c2ncnc3c2cnn3C)CC1. The number of hydrogen-bond acceptors (Lipinski definition) is 6. The van der Waals surface area contributed by atoms with E-state index in [1.165, 1.54) is 18.2 Å². The van der Waals surface area contributed by atoms with Gasteiger partial charge >= 0.3 is 0 Å². The Bertz CT molecular complexity index is 1050. The molecular weight excluding hydrogens is 397 g/mol. The van der Waals surface area contributed by atoms with Crippen LogP contribution in [0.15, 0.2) is 30.7 Å². The van der Waals surface area contributed by atoms with Gasteiger partial charge in [0.2, 0.25) is 5.91 Å². The number of nitrogens with one attached hydrogen (secondary N) is 1. The summed E-state index contributed by atoms with van der Waals surface area (Å²) >= 11 is 6.01. The molecule has 8 nitrogen and oxygen atoms in total. The number of aryl methyl sites for hydroxylation is 1. The number of amides is 1. The molecule has 3 aromatic rings. The second-order valence-corrected chi connectivity index (χ2v) is 7.42. The van der Waals surface area contributed by atoms with E-state index in [4.69, 9.17) is 11.6 Å². The van der Waals surface area contributed by atoms with Crippen LogP contribution < -0.4 is 10.2 Å². The number of carbonyl (C=O) groups is 1. The molecule has 152 valence electrons. The van der Waals surface area contributed by atoms with Gasteiger partial charge in [-0.2, -0.15) is 5.10 Å². The highest BCUT2D eigenvalue weighted by Gasteiger charge is 2.27. The first kappa shape index (κ1) is 19.5. The average molecular weight is 418 g/mol. The summed E-state index contributed by atoms with van der Waals surface area (Å²) in [6, 6.07) is 3.57. The molecule has 2 aromatic heterocycles. The van der Waals surface area contributed by atoms with Crippen LogP contribution in [0, 0.1) is 5.82 Å². The molecule has 1 aliphatic heterocycles. The van der Waals surface area contributed by atoms with E-state index in [1.807, 2.05) is 14.0 Å². The lowest BCUT2D eigenvalue weighted by Crippen LogP contribution is -2.53. The van der Waals surface area contributed by atoms with E-state index in [0.717, 1.165) is 29.9 Å². The van der Waals surface area contributed by atoms with Gasteiger partial charge in [-0.3, -0.25) is 14.4 Å². The Kier molecular flexibility index (Phi) is 5.33. The number of rotatable bonds is 4. The largest absolute Gasteiger partial charge is 0.353 e. The summed E-state index contributed by atoms with van der Waals surface area (Å²) in [5.74, 6) is 0.242. The van der Waals surface area contributed by atoms with Crippen molar-refractivity contribution in [3.8, 4) is 0 Å². The van der Waals surface area contributed by atoms with Crippen molar-refractivity contribution in [3.63, 3.8) is 0 Å². The third kappa shape index (κ3) is 3.88. The second kappa shape index (κ2) is 7.92. The van der Waals surface area contributed by atoms with Gasteiger partial charge in [-0.1, -0.05) is 11.6 Å². The van der Waals surface area contributed by atoms with Crippen LogP contribution in [0.1, 0.15) is 6.92 Å². The van der Waals surface area contributed by atoms with Crippen molar-refractivity contribution in [2.75, 3.05) is 36.4 Å². The van der Waals surface area contributed by atoms with Crippen molar-refractivity contribution in [1.82, 2.24) is 24.6 Å². The number of piperazine rings is 1. The first-order valence-corrected chi connectivity index (χ1v) is 9.69. The van der Waals surface area contributed by atoms with Crippen LogP contribution in [-0.2, 0) is 11.8 Å². The molecule has 1 fully saturated rings. The number of benzene rings is 1. The third-order valence-electron chi connectivity index (χ3n) is 5.24. The topological polar surface area (TPSA) is 79.2 Å². The fourth-order valence-corrected chi connectivity index (χ4v) is 3.73. The summed E-state index contributed by atoms with van der Waals surface area (Å²) in [5, 5.41) is 8.14. The van der Waals surface area contributed by atoms with Gasteiger partial charge in [-0.15, -0.1) is 0 Å². The maximum Gasteiger partial charge on any atom is 0.241 e. The Morgan fingerprint density at radius 2 is 2.00 bits per heavy atom. The molecule has 1 amide bonds. The standard InChI is InChI=1S/C19H21ClFN7O/c1-12(19(29)25-16-4-3-13(21)9-15(16)20)27-5-7-28(8-6-27)18-14-10-24-26(2)17(14)22-11-23-18/h3-4,9-12H,5-8H2,1-2H3,(H,25,29). The molecule has 0 radical (unpaired) electrons. The number of nitrogens with zero attached hydrogens (tertiary/aromatic N) is 6. The van der Waals surface area contributed by atoms with Gasteiger partial charge in [0.1, 0.15) is 18.0 Å². The molecule has 1 unspecified atom stereocenters. The first-order valence-electron chi connectivity index (χ1n) is 9.31. The monoisotopic (exact) mass is 417 g/mol. The molecule has 0 saturated carbocycles. The molecule has 1 N–H and O–H groups in total. The molecule has 1 aliphatic rings. The lowest BCUT2D eigenvalue weighted by molar-refractivity contribution is -0.120. The zero-order valence-corrected chi connectivity index (χ0v) is 16.9. The fourth-order valence-electron chi connectivity index (χ4n) is 3.52. The van der Waals surface area contributed by atoms with Crippen LogP contribution in [-0.4, -0.2) is 62.8 Å². The van der Waals surface area contributed by atoms with Crippen molar-refractivity contribution < 1.29 is 9.18 Å². The number of anilines is 2. The van der Waals surface area contributed by atoms with Crippen LogP contribution in [0.4, 0.5) is 15.9 Å². The van der Waals surface area contributed by atoms with Crippen LogP contribution in [0.3, 0.4) is 0 Å². The average Bonchev–Trinajstić information content (AvgIpc) is 3.11. The lowest BCUT2D eigenvalue weighted by atomic mass is 10.2. The molecule has 1 atom stereocenters. The van der Waals surface area contributed by atoms with E-state index in [-0.39, 0.29) is 17.0 Å². The summed E-state index contributed by atoms with van der Waals surface area (Å²) in [5.41, 5.74) is 1.20. The molecule has 29 heavy (non-hydrogen) atoms. The normalized spacial score (nSPS) is 16.2. The highest BCUT2D eigenvalue weighted by molar-refractivity contribution is 6.33. The Hall–Kier alpha value is -2.78. The van der Waals surface area contributed by atoms with E-state index in [1.54, 1.807) is 17.2 Å². The Labute approximate surface area is 172 Å². The highest BCUT2D eigenvalue weighted by atomic mass is 35.5. The summed E-state index contributed by atoms with van der Waals surface area (Å²) in [7, 11) is 1.85. The van der Waals surface area contributed by atoms with Crippen molar-refractivity contribution in [1.29, 1.82) is 0 Å². The van der Waals surface area contributed by atoms with Gasteiger partial charge in [-0.25, -0.2) is 14.4 Å². The Balaban J connectivity index is 1.40. The van der Waals surface area contributed by atoms with E-state index >= 15 is 0 Å². The lowest BCUT2D eigenvalue weighted by Gasteiger charge is -2.38. The van der Waals surface area contributed by atoms with Gasteiger partial charge in [0.05, 0.1) is 28.3 Å². The second-order valence-electron chi connectivity index (χ2n) is 7.02. The van der Waals surface area contributed by atoms with Gasteiger partial charge in [0.15, 0.2) is 5.65 Å². The summed E-state index contributed by atoms with van der Waals surface area (Å²) < 4.78 is 14.9. The molecule has 4 rings (SSSR count). The fraction of sp³-hybridized carbons (Fsp3) is 0.368. The summed E-state index contributed by atoms with van der Waals surface area (Å²) in [4.78, 5) is 25.6. The van der Waals surface area contributed by atoms with Gasteiger partial charge in [0, 0.05) is 33.2 Å². The van der Waals surface area contributed by atoms with Gasteiger partial charge < -0.3 is 10.2 Å². The molecular formula is C19H21ClFN7O. The molecule has 10 heteroatoms. The van der Waals surface area contributed by atoms with Crippen LogP contribution >= 0.6 is 11.6 Å². The maximum absolute atomic E-state index is 13.2. The quantitative estimate of drug-likeness (QED) is 0.701. The van der Waals surface area contributed by atoms with Crippen molar-refractivity contribution in [2.45, 2.75) is 13.0 Å². The number of halogens is 2. The number of carbonyl (C=O) groups excluding carboxylic acids is 1. The number of hydrogen-bond donors (Lipinski definition) is 1. The minimum atomic E-state index is -0.440. The maximum atomic E-state index is 13.2. The van der Waals surface area contributed by atoms with Gasteiger partial charge in [-0.05, 0) is 25.1 Å². The van der Waals surface area contributed by atoms with E-state index in [9.17, 15) is 9.18 Å². The molecule has 0 aliphatic carbocycles. The number of fused-ring (bicyclic) bond motifs is 1. The Morgan fingerprint density at radius 3 is 2.72 bits per heavy atom. The van der Waals surface area contributed by atoms with Crippen molar-refractivity contribution in [2.24, 2.45) is 7.05 Å². The van der Waals surface area contributed by atoms with Crippen LogP contribution in [0.25, 0.3) is 11.0 Å². The molecule has 1 saturated heterocycles. The smallest absolute Gasteiger partial charge is 0.241 e. The first-order chi connectivity index (χ1) is 13.9. The summed E-state index contributed by atoms with van der Waals surface area (Å²) in [6.45, 7) is 4.73. The number of aromatic nitrogens is 4. The minimum Gasteiger partial charge on any atom is -0.353 e. The van der Waals surface area contributed by atoms with Crippen LogP contribution in [0.2, 0.25) is 5.02 Å².